The molecule has 0 spiro atoms. The number of carbonyl (C=O) groups excluding carboxylic acids is 2. The first kappa shape index (κ1) is 16.1. The number of pyridine rings is 2. The minimum absolute atomic E-state index is 0.219. The van der Waals surface area contributed by atoms with Gasteiger partial charge in [0.25, 0.3) is 11.8 Å². The Balaban J connectivity index is 1.61. The minimum atomic E-state index is -0.240. The lowest BCUT2D eigenvalue weighted by Crippen LogP contribution is -2.33. The van der Waals surface area contributed by atoms with Gasteiger partial charge in [0.2, 0.25) is 0 Å². The van der Waals surface area contributed by atoms with Crippen LogP contribution in [0, 0.1) is 0 Å². The largest absolute Gasteiger partial charge is 0.348 e. The molecule has 0 unspecified atom stereocenters. The van der Waals surface area contributed by atoms with Crippen molar-refractivity contribution in [1.82, 2.24) is 20.6 Å². The third kappa shape index (κ3) is 4.16. The molecule has 0 bridgehead atoms. The van der Waals surface area contributed by atoms with Crippen molar-refractivity contribution in [2.24, 2.45) is 0 Å². The molecule has 2 N–H and O–H groups in total. The smallest absolute Gasteiger partial charge is 0.270 e. The van der Waals surface area contributed by atoms with E-state index in [4.69, 9.17) is 0 Å². The molecule has 0 atom stereocenters. The highest BCUT2D eigenvalue weighted by Gasteiger charge is 2.19. The van der Waals surface area contributed by atoms with Gasteiger partial charge in [-0.1, -0.05) is 18.9 Å². The zero-order valence-corrected chi connectivity index (χ0v) is 13.4. The van der Waals surface area contributed by atoms with Crippen molar-refractivity contribution in [3.05, 3.63) is 59.7 Å². The zero-order chi connectivity index (χ0) is 16.8. The van der Waals surface area contributed by atoms with E-state index in [2.05, 4.69) is 20.6 Å². The third-order valence-corrected chi connectivity index (χ3v) is 4.12. The van der Waals surface area contributed by atoms with Gasteiger partial charge in [-0.15, -0.1) is 0 Å². The fourth-order valence-electron chi connectivity index (χ4n) is 2.81. The summed E-state index contributed by atoms with van der Waals surface area (Å²) in [4.78, 5) is 32.6. The Labute approximate surface area is 140 Å². The summed E-state index contributed by atoms with van der Waals surface area (Å²) in [5.74, 6) is -0.458. The van der Waals surface area contributed by atoms with E-state index in [0.29, 0.717) is 12.1 Å². The van der Waals surface area contributed by atoms with Crippen LogP contribution in [0.3, 0.4) is 0 Å². The minimum Gasteiger partial charge on any atom is -0.348 e. The van der Waals surface area contributed by atoms with Crippen LogP contribution in [-0.4, -0.2) is 27.8 Å². The summed E-state index contributed by atoms with van der Waals surface area (Å²) >= 11 is 0. The Morgan fingerprint density at radius 1 is 1.12 bits per heavy atom. The molecule has 0 aliphatic heterocycles. The van der Waals surface area contributed by atoms with Crippen molar-refractivity contribution in [2.45, 2.75) is 38.3 Å². The van der Waals surface area contributed by atoms with Crippen LogP contribution in [0.25, 0.3) is 0 Å². The van der Waals surface area contributed by atoms with Crippen molar-refractivity contribution >= 4 is 11.8 Å². The highest BCUT2D eigenvalue weighted by Crippen LogP contribution is 2.18. The number of hydrogen-bond acceptors (Lipinski definition) is 4. The fraction of sp³-hybridized carbons (Fsp3) is 0.333. The van der Waals surface area contributed by atoms with E-state index in [-0.39, 0.29) is 23.6 Å². The number of carbonyl (C=O) groups is 2. The maximum atomic E-state index is 12.2. The van der Waals surface area contributed by atoms with Crippen LogP contribution < -0.4 is 10.6 Å². The molecule has 6 heteroatoms. The van der Waals surface area contributed by atoms with Crippen LogP contribution in [0.1, 0.15) is 52.1 Å². The van der Waals surface area contributed by atoms with Gasteiger partial charge in [-0.2, -0.15) is 0 Å². The maximum absolute atomic E-state index is 12.2. The predicted molar refractivity (Wildman–Crippen MR) is 89.4 cm³/mol. The van der Waals surface area contributed by atoms with Crippen LogP contribution >= 0.6 is 0 Å². The van der Waals surface area contributed by atoms with Gasteiger partial charge in [-0.3, -0.25) is 19.6 Å². The van der Waals surface area contributed by atoms with Crippen LogP contribution in [0.15, 0.2) is 42.9 Å². The van der Waals surface area contributed by atoms with E-state index in [1.807, 2.05) is 12.1 Å². The molecular formula is C18H20N4O2. The number of hydrogen-bond donors (Lipinski definition) is 2. The lowest BCUT2D eigenvalue weighted by Gasteiger charge is -2.12. The molecule has 2 aromatic heterocycles. The first-order chi connectivity index (χ1) is 11.7. The molecule has 24 heavy (non-hydrogen) atoms. The molecule has 2 heterocycles. The Kier molecular flexibility index (Phi) is 5.15. The molecule has 1 aliphatic carbocycles. The van der Waals surface area contributed by atoms with E-state index >= 15 is 0 Å². The van der Waals surface area contributed by atoms with Crippen molar-refractivity contribution in [1.29, 1.82) is 0 Å². The number of aromatic nitrogens is 2. The van der Waals surface area contributed by atoms with Gasteiger partial charge < -0.3 is 10.6 Å². The van der Waals surface area contributed by atoms with E-state index in [9.17, 15) is 9.59 Å². The van der Waals surface area contributed by atoms with Gasteiger partial charge in [0, 0.05) is 36.7 Å². The molecule has 1 fully saturated rings. The number of nitrogens with one attached hydrogen (secondary N) is 2. The van der Waals surface area contributed by atoms with Crippen molar-refractivity contribution < 1.29 is 9.59 Å². The third-order valence-electron chi connectivity index (χ3n) is 4.12. The van der Waals surface area contributed by atoms with Gasteiger partial charge in [-0.25, -0.2) is 0 Å². The summed E-state index contributed by atoms with van der Waals surface area (Å²) in [6.45, 7) is 0.388. The first-order valence-corrected chi connectivity index (χ1v) is 8.16. The van der Waals surface area contributed by atoms with E-state index in [1.54, 1.807) is 18.5 Å². The van der Waals surface area contributed by atoms with Crippen LogP contribution in [-0.2, 0) is 6.54 Å². The summed E-state index contributed by atoms with van der Waals surface area (Å²) in [5.41, 5.74) is 1.61. The Bertz CT molecular complexity index is 712. The second-order valence-electron chi connectivity index (χ2n) is 5.93. The SMILES string of the molecule is O=C(NCc1cccnc1)c1ccnc(C(=O)NC2CCCC2)c1. The molecule has 0 saturated heterocycles. The fourth-order valence-corrected chi connectivity index (χ4v) is 2.81. The normalized spacial score (nSPS) is 14.3. The van der Waals surface area contributed by atoms with Crippen LogP contribution in [0.4, 0.5) is 0 Å². The quantitative estimate of drug-likeness (QED) is 0.882. The molecule has 1 saturated carbocycles. The van der Waals surface area contributed by atoms with Crippen LogP contribution in [0.2, 0.25) is 0 Å². The van der Waals surface area contributed by atoms with Crippen molar-refractivity contribution in [2.75, 3.05) is 0 Å². The average Bonchev–Trinajstić information content (AvgIpc) is 3.13. The van der Waals surface area contributed by atoms with Gasteiger partial charge in [-0.05, 0) is 36.6 Å². The summed E-state index contributed by atoms with van der Waals surface area (Å²) < 4.78 is 0. The molecule has 6 nitrogen and oxygen atoms in total. The van der Waals surface area contributed by atoms with E-state index in [1.165, 1.54) is 12.3 Å². The van der Waals surface area contributed by atoms with Gasteiger partial charge in [0.1, 0.15) is 5.69 Å². The summed E-state index contributed by atoms with van der Waals surface area (Å²) in [7, 11) is 0. The monoisotopic (exact) mass is 324 g/mol. The summed E-state index contributed by atoms with van der Waals surface area (Å²) in [5, 5.41) is 5.79. The molecule has 2 aromatic rings. The number of nitrogens with zero attached hydrogens (tertiary/aromatic N) is 2. The topological polar surface area (TPSA) is 84.0 Å². The maximum Gasteiger partial charge on any atom is 0.270 e. The Morgan fingerprint density at radius 2 is 1.96 bits per heavy atom. The lowest BCUT2D eigenvalue weighted by atomic mass is 10.2. The second kappa shape index (κ2) is 7.68. The van der Waals surface area contributed by atoms with Gasteiger partial charge in [0.05, 0.1) is 0 Å². The molecule has 3 rings (SSSR count). The number of rotatable bonds is 5. The van der Waals surface area contributed by atoms with Gasteiger partial charge >= 0.3 is 0 Å². The molecule has 124 valence electrons. The highest BCUT2D eigenvalue weighted by atomic mass is 16.2. The number of amides is 2. The molecule has 0 aromatic carbocycles. The Hall–Kier alpha value is -2.76. The zero-order valence-electron chi connectivity index (χ0n) is 13.4. The second-order valence-corrected chi connectivity index (χ2v) is 5.93. The van der Waals surface area contributed by atoms with E-state index in [0.717, 1.165) is 31.2 Å². The molecule has 1 aliphatic rings. The average molecular weight is 324 g/mol. The molecule has 2 amide bonds. The van der Waals surface area contributed by atoms with Gasteiger partial charge in [0.15, 0.2) is 0 Å². The lowest BCUT2D eigenvalue weighted by molar-refractivity contribution is 0.0933. The first-order valence-electron chi connectivity index (χ1n) is 8.16. The van der Waals surface area contributed by atoms with E-state index < -0.39 is 0 Å². The highest BCUT2D eigenvalue weighted by molar-refractivity contribution is 5.98. The summed E-state index contributed by atoms with van der Waals surface area (Å²) in [6, 6.07) is 7.07. The standard InChI is InChI=1S/C18H20N4O2/c23-17(21-12-13-4-3-8-19-11-13)14-7-9-20-16(10-14)18(24)22-15-5-1-2-6-15/h3-4,7-11,15H,1-2,5-6,12H2,(H,21,23)(H,22,24). The predicted octanol–water partition coefficient (Wildman–Crippen LogP) is 2.08. The van der Waals surface area contributed by atoms with Crippen molar-refractivity contribution in [3.63, 3.8) is 0 Å². The Morgan fingerprint density at radius 3 is 2.71 bits per heavy atom. The van der Waals surface area contributed by atoms with Crippen LogP contribution in [0.5, 0.6) is 0 Å². The summed E-state index contributed by atoms with van der Waals surface area (Å²) in [6.07, 6.45) is 9.19. The molecule has 0 radical (unpaired) electrons. The van der Waals surface area contributed by atoms with Crippen molar-refractivity contribution in [3.8, 4) is 0 Å². The molecular weight excluding hydrogens is 304 g/mol.